The molecule has 1 unspecified atom stereocenters. The van der Waals surface area contributed by atoms with Gasteiger partial charge in [0.15, 0.2) is 0 Å². The van der Waals surface area contributed by atoms with Crippen LogP contribution in [0.25, 0.3) is 16.2 Å². The second-order valence-electron chi connectivity index (χ2n) is 5.38. The highest BCUT2D eigenvalue weighted by atomic mass is 32.1. The largest absolute Gasteiger partial charge is 0.376 e. The zero-order valence-corrected chi connectivity index (χ0v) is 10.7. The standard InChI is InChI=1S/C15H15NS/c1-15-5-2-3-12(15)7-11-9-14-10(4-6-17-14)8-13(11)16-15/h4,6-9,16H,2-3,5H2,1H3. The molecule has 1 aliphatic carbocycles. The van der Waals surface area contributed by atoms with E-state index in [4.69, 9.17) is 0 Å². The van der Waals surface area contributed by atoms with Crippen LogP contribution in [0.1, 0.15) is 31.7 Å². The first-order valence-electron chi connectivity index (χ1n) is 6.25. The van der Waals surface area contributed by atoms with Gasteiger partial charge >= 0.3 is 0 Å². The van der Waals surface area contributed by atoms with Crippen LogP contribution >= 0.6 is 11.3 Å². The Morgan fingerprint density at radius 1 is 1.35 bits per heavy atom. The molecular formula is C15H15NS. The molecule has 0 amide bonds. The summed E-state index contributed by atoms with van der Waals surface area (Å²) in [4.78, 5) is 0. The molecule has 1 fully saturated rings. The molecule has 1 aromatic heterocycles. The Kier molecular flexibility index (Phi) is 1.79. The number of hydrogen-bond acceptors (Lipinski definition) is 2. The zero-order valence-electron chi connectivity index (χ0n) is 9.92. The van der Waals surface area contributed by atoms with Gasteiger partial charge in [-0.3, -0.25) is 0 Å². The summed E-state index contributed by atoms with van der Waals surface area (Å²) < 4.78 is 1.39. The number of rotatable bonds is 0. The smallest absolute Gasteiger partial charge is 0.0560 e. The van der Waals surface area contributed by atoms with E-state index >= 15 is 0 Å². The van der Waals surface area contributed by atoms with E-state index in [0.717, 1.165) is 0 Å². The van der Waals surface area contributed by atoms with Gasteiger partial charge in [0.2, 0.25) is 0 Å². The fraction of sp³-hybridized carbons (Fsp3) is 0.333. The van der Waals surface area contributed by atoms with Crippen molar-refractivity contribution >= 4 is 33.2 Å². The van der Waals surface area contributed by atoms with Crippen molar-refractivity contribution in [3.63, 3.8) is 0 Å². The molecule has 2 heteroatoms. The lowest BCUT2D eigenvalue weighted by molar-refractivity contribution is 0.611. The molecule has 0 radical (unpaired) electrons. The van der Waals surface area contributed by atoms with Gasteiger partial charge in [-0.25, -0.2) is 0 Å². The molecule has 2 aromatic rings. The zero-order chi connectivity index (χ0) is 11.5. The van der Waals surface area contributed by atoms with Crippen molar-refractivity contribution in [2.75, 3.05) is 5.32 Å². The third-order valence-corrected chi connectivity index (χ3v) is 5.08. The van der Waals surface area contributed by atoms with Crippen molar-refractivity contribution in [2.24, 2.45) is 0 Å². The summed E-state index contributed by atoms with van der Waals surface area (Å²) in [5, 5.41) is 7.29. The Morgan fingerprint density at radius 3 is 3.24 bits per heavy atom. The van der Waals surface area contributed by atoms with Gasteiger partial charge in [0.1, 0.15) is 0 Å². The summed E-state index contributed by atoms with van der Waals surface area (Å²) in [5.41, 5.74) is 4.48. The lowest BCUT2D eigenvalue weighted by Gasteiger charge is -2.33. The van der Waals surface area contributed by atoms with Crippen LogP contribution in [0.5, 0.6) is 0 Å². The molecule has 86 valence electrons. The van der Waals surface area contributed by atoms with E-state index in [1.165, 1.54) is 40.6 Å². The van der Waals surface area contributed by atoms with Crippen LogP contribution in [0.2, 0.25) is 0 Å². The normalized spacial score (nSPS) is 26.3. The molecule has 1 nitrogen and oxygen atoms in total. The number of hydrogen-bond donors (Lipinski definition) is 1. The van der Waals surface area contributed by atoms with Gasteiger partial charge in [-0.05, 0) is 66.3 Å². The van der Waals surface area contributed by atoms with E-state index in [0.29, 0.717) is 0 Å². The molecule has 1 aliphatic heterocycles. The lowest BCUT2D eigenvalue weighted by Crippen LogP contribution is -2.35. The van der Waals surface area contributed by atoms with Crippen molar-refractivity contribution in [3.8, 4) is 0 Å². The molecule has 2 heterocycles. The van der Waals surface area contributed by atoms with Gasteiger partial charge in [0.05, 0.1) is 5.54 Å². The van der Waals surface area contributed by atoms with Gasteiger partial charge in [0.25, 0.3) is 0 Å². The SMILES string of the molecule is CC12CCCC1=Cc1cc3sccc3cc1N2. The summed E-state index contributed by atoms with van der Waals surface area (Å²) in [5.74, 6) is 0. The summed E-state index contributed by atoms with van der Waals surface area (Å²) >= 11 is 1.83. The summed E-state index contributed by atoms with van der Waals surface area (Å²) in [6, 6.07) is 6.84. The predicted molar refractivity (Wildman–Crippen MR) is 75.7 cm³/mol. The summed E-state index contributed by atoms with van der Waals surface area (Å²) in [7, 11) is 0. The molecule has 0 saturated heterocycles. The number of nitrogens with one attached hydrogen (secondary N) is 1. The van der Waals surface area contributed by atoms with E-state index in [9.17, 15) is 0 Å². The van der Waals surface area contributed by atoms with Gasteiger partial charge in [-0.15, -0.1) is 11.3 Å². The van der Waals surface area contributed by atoms with Crippen LogP contribution in [0.4, 0.5) is 5.69 Å². The highest BCUT2D eigenvalue weighted by Crippen LogP contribution is 2.44. The highest BCUT2D eigenvalue weighted by Gasteiger charge is 2.36. The molecule has 0 bridgehead atoms. The first kappa shape index (κ1) is 9.72. The average molecular weight is 241 g/mol. The molecule has 2 aliphatic rings. The van der Waals surface area contributed by atoms with Crippen molar-refractivity contribution < 1.29 is 0 Å². The number of thiophene rings is 1. The van der Waals surface area contributed by atoms with E-state index in [2.05, 4.69) is 41.9 Å². The van der Waals surface area contributed by atoms with Crippen molar-refractivity contribution in [2.45, 2.75) is 31.7 Å². The fourth-order valence-corrected chi connectivity index (χ4v) is 4.00. The molecule has 0 spiro atoms. The molecule has 1 atom stereocenters. The van der Waals surface area contributed by atoms with Crippen LogP contribution in [0.3, 0.4) is 0 Å². The van der Waals surface area contributed by atoms with Crippen molar-refractivity contribution in [1.82, 2.24) is 0 Å². The molecule has 1 N–H and O–H groups in total. The highest BCUT2D eigenvalue weighted by molar-refractivity contribution is 7.17. The number of fused-ring (bicyclic) bond motifs is 3. The Hall–Kier alpha value is -1.28. The topological polar surface area (TPSA) is 12.0 Å². The molecular weight excluding hydrogens is 226 g/mol. The monoisotopic (exact) mass is 241 g/mol. The Balaban J connectivity index is 1.96. The first-order chi connectivity index (χ1) is 8.24. The number of anilines is 1. The van der Waals surface area contributed by atoms with Gasteiger partial charge < -0.3 is 5.32 Å². The lowest BCUT2D eigenvalue weighted by atomic mass is 9.88. The minimum atomic E-state index is 0.219. The van der Waals surface area contributed by atoms with E-state index < -0.39 is 0 Å². The van der Waals surface area contributed by atoms with Crippen LogP contribution in [0, 0.1) is 0 Å². The van der Waals surface area contributed by atoms with Crippen molar-refractivity contribution in [3.05, 3.63) is 34.7 Å². The molecule has 1 aromatic carbocycles. The number of benzene rings is 1. The van der Waals surface area contributed by atoms with E-state index in [-0.39, 0.29) is 5.54 Å². The Labute approximate surface area is 105 Å². The van der Waals surface area contributed by atoms with Gasteiger partial charge in [-0.2, -0.15) is 0 Å². The minimum absolute atomic E-state index is 0.219. The second-order valence-corrected chi connectivity index (χ2v) is 6.33. The van der Waals surface area contributed by atoms with Crippen LogP contribution < -0.4 is 5.32 Å². The van der Waals surface area contributed by atoms with Gasteiger partial charge in [0, 0.05) is 10.4 Å². The van der Waals surface area contributed by atoms with Crippen LogP contribution in [-0.2, 0) is 0 Å². The predicted octanol–water partition coefficient (Wildman–Crippen LogP) is 4.65. The maximum atomic E-state index is 3.75. The molecule has 1 saturated carbocycles. The van der Waals surface area contributed by atoms with E-state index in [1.54, 1.807) is 5.57 Å². The maximum Gasteiger partial charge on any atom is 0.0560 e. The third kappa shape index (κ3) is 1.31. The molecule has 17 heavy (non-hydrogen) atoms. The van der Waals surface area contributed by atoms with Crippen LogP contribution in [-0.4, -0.2) is 5.54 Å². The van der Waals surface area contributed by atoms with Crippen LogP contribution in [0.15, 0.2) is 29.2 Å². The summed E-state index contributed by atoms with van der Waals surface area (Å²) in [6.45, 7) is 2.34. The minimum Gasteiger partial charge on any atom is -0.376 e. The Morgan fingerprint density at radius 2 is 2.29 bits per heavy atom. The van der Waals surface area contributed by atoms with E-state index in [1.807, 2.05) is 11.3 Å². The molecule has 4 rings (SSSR count). The maximum absolute atomic E-state index is 3.75. The van der Waals surface area contributed by atoms with Gasteiger partial charge in [-0.1, -0.05) is 6.08 Å². The average Bonchev–Trinajstić information content (AvgIpc) is 2.87. The quantitative estimate of drug-likeness (QED) is 0.707. The second kappa shape index (κ2) is 3.14. The summed E-state index contributed by atoms with van der Waals surface area (Å²) in [6.07, 6.45) is 6.25. The third-order valence-electron chi connectivity index (χ3n) is 4.20. The first-order valence-corrected chi connectivity index (χ1v) is 7.13. The van der Waals surface area contributed by atoms with Crippen molar-refractivity contribution in [1.29, 1.82) is 0 Å². The fourth-order valence-electron chi connectivity index (χ4n) is 3.18. The Bertz CT molecular complexity index is 637.